The minimum absolute atomic E-state index is 0.167. The van der Waals surface area contributed by atoms with Gasteiger partial charge in [-0.3, -0.25) is 4.68 Å². The number of aliphatic hydroxyl groups is 1. The molecule has 0 saturated carbocycles. The zero-order valence-corrected chi connectivity index (χ0v) is 11.3. The zero-order chi connectivity index (χ0) is 13.8. The summed E-state index contributed by atoms with van der Waals surface area (Å²) in [6.07, 6.45) is 1.01. The van der Waals surface area contributed by atoms with Gasteiger partial charge in [-0.1, -0.05) is 17.7 Å². The van der Waals surface area contributed by atoms with Crippen LogP contribution in [0.2, 0.25) is 5.02 Å². The smallest absolute Gasteiger partial charge is 0.121 e. The van der Waals surface area contributed by atoms with Crippen molar-refractivity contribution in [1.82, 2.24) is 9.78 Å². The number of benzene rings is 1. The molecule has 5 nitrogen and oxygen atoms in total. The average Bonchev–Trinajstić information content (AvgIpc) is 2.66. The van der Waals surface area contributed by atoms with E-state index < -0.39 is 6.10 Å². The summed E-state index contributed by atoms with van der Waals surface area (Å²) < 4.78 is 7.06. The fraction of sp³-hybridized carbons (Fsp3) is 0.308. The lowest BCUT2D eigenvalue weighted by atomic mass is 10.3. The third kappa shape index (κ3) is 3.87. The first-order valence-corrected chi connectivity index (χ1v) is 6.28. The van der Waals surface area contributed by atoms with Crippen molar-refractivity contribution in [1.29, 1.82) is 0 Å². The Morgan fingerprint density at radius 2 is 2.32 bits per heavy atom. The van der Waals surface area contributed by atoms with Gasteiger partial charge in [0.05, 0.1) is 17.3 Å². The Labute approximate surface area is 116 Å². The van der Waals surface area contributed by atoms with E-state index in [9.17, 15) is 5.11 Å². The summed E-state index contributed by atoms with van der Waals surface area (Å²) in [5, 5.41) is 14.6. The number of ether oxygens (including phenoxy) is 1. The minimum atomic E-state index is -0.670. The van der Waals surface area contributed by atoms with Crippen LogP contribution >= 0.6 is 11.6 Å². The van der Waals surface area contributed by atoms with Gasteiger partial charge in [0.15, 0.2) is 0 Å². The number of aromatic nitrogens is 2. The molecular weight excluding hydrogens is 266 g/mol. The van der Waals surface area contributed by atoms with Gasteiger partial charge in [-0.05, 0) is 19.1 Å². The zero-order valence-electron chi connectivity index (χ0n) is 10.6. The van der Waals surface area contributed by atoms with E-state index in [2.05, 4.69) is 5.10 Å². The van der Waals surface area contributed by atoms with Crippen molar-refractivity contribution in [2.45, 2.75) is 19.6 Å². The second-order valence-corrected chi connectivity index (χ2v) is 4.73. The second-order valence-electron chi connectivity index (χ2n) is 4.32. The number of anilines is 1. The molecule has 6 heteroatoms. The Balaban J connectivity index is 1.86. The molecular formula is C13H16ClN3O2. The van der Waals surface area contributed by atoms with Crippen LogP contribution in [0.4, 0.5) is 5.69 Å². The highest BCUT2D eigenvalue weighted by Crippen LogP contribution is 2.15. The molecule has 1 heterocycles. The fourth-order valence-corrected chi connectivity index (χ4v) is 1.80. The van der Waals surface area contributed by atoms with Gasteiger partial charge in [0.25, 0.3) is 0 Å². The van der Waals surface area contributed by atoms with E-state index in [1.807, 2.05) is 6.92 Å². The third-order valence-corrected chi connectivity index (χ3v) is 2.96. The number of hydrogen-bond acceptors (Lipinski definition) is 4. The summed E-state index contributed by atoms with van der Waals surface area (Å²) in [6, 6.07) is 7.07. The Morgan fingerprint density at radius 1 is 1.53 bits per heavy atom. The van der Waals surface area contributed by atoms with Gasteiger partial charge in [-0.15, -0.1) is 0 Å². The number of nitrogens with zero attached hydrogens (tertiary/aromatic N) is 2. The van der Waals surface area contributed by atoms with Gasteiger partial charge in [-0.2, -0.15) is 5.10 Å². The molecule has 1 atom stereocenters. The number of rotatable bonds is 5. The first kappa shape index (κ1) is 13.7. The molecule has 0 amide bonds. The van der Waals surface area contributed by atoms with Crippen LogP contribution in [-0.4, -0.2) is 27.6 Å². The highest BCUT2D eigenvalue weighted by Gasteiger charge is 2.09. The Morgan fingerprint density at radius 3 is 2.95 bits per heavy atom. The molecule has 0 radical (unpaired) electrons. The topological polar surface area (TPSA) is 73.3 Å². The molecule has 0 spiro atoms. The normalized spacial score (nSPS) is 12.4. The maximum atomic E-state index is 9.87. The maximum absolute atomic E-state index is 9.87. The molecule has 2 rings (SSSR count). The van der Waals surface area contributed by atoms with Crippen molar-refractivity contribution in [3.8, 4) is 5.75 Å². The lowest BCUT2D eigenvalue weighted by molar-refractivity contribution is 0.0893. The monoisotopic (exact) mass is 281 g/mol. The predicted octanol–water partition coefficient (Wildman–Crippen LogP) is 1.87. The van der Waals surface area contributed by atoms with E-state index in [0.717, 1.165) is 5.69 Å². The lowest BCUT2D eigenvalue weighted by Crippen LogP contribution is -2.23. The van der Waals surface area contributed by atoms with Gasteiger partial charge in [0.1, 0.15) is 18.5 Å². The van der Waals surface area contributed by atoms with Crippen molar-refractivity contribution in [2.75, 3.05) is 12.3 Å². The molecule has 0 bridgehead atoms. The van der Waals surface area contributed by atoms with E-state index in [1.165, 1.54) is 0 Å². The molecule has 0 saturated heterocycles. The SMILES string of the molecule is Cc1nn(CC(O)COc2cccc(N)c2)cc1Cl. The van der Waals surface area contributed by atoms with Gasteiger partial charge >= 0.3 is 0 Å². The summed E-state index contributed by atoms with van der Waals surface area (Å²) in [6.45, 7) is 2.31. The van der Waals surface area contributed by atoms with E-state index in [-0.39, 0.29) is 6.61 Å². The second kappa shape index (κ2) is 5.95. The van der Waals surface area contributed by atoms with E-state index in [0.29, 0.717) is 23.0 Å². The molecule has 0 aliphatic carbocycles. The molecule has 2 aromatic rings. The molecule has 0 aliphatic heterocycles. The first-order chi connectivity index (χ1) is 9.04. The van der Waals surface area contributed by atoms with E-state index in [1.54, 1.807) is 35.1 Å². The molecule has 19 heavy (non-hydrogen) atoms. The summed E-state index contributed by atoms with van der Waals surface area (Å²) in [5.41, 5.74) is 7.00. The van der Waals surface area contributed by atoms with Crippen LogP contribution in [0.5, 0.6) is 5.75 Å². The quantitative estimate of drug-likeness (QED) is 0.821. The van der Waals surface area contributed by atoms with Crippen molar-refractivity contribution >= 4 is 17.3 Å². The number of nitrogens with two attached hydrogens (primary N) is 1. The molecule has 102 valence electrons. The van der Waals surface area contributed by atoms with Gasteiger partial charge in [0, 0.05) is 18.0 Å². The maximum Gasteiger partial charge on any atom is 0.121 e. The van der Waals surface area contributed by atoms with Crippen LogP contribution in [0.25, 0.3) is 0 Å². The van der Waals surface area contributed by atoms with Gasteiger partial charge in [-0.25, -0.2) is 0 Å². The third-order valence-electron chi connectivity index (χ3n) is 2.58. The Bertz CT molecular complexity index is 537. The average molecular weight is 282 g/mol. The summed E-state index contributed by atoms with van der Waals surface area (Å²) in [4.78, 5) is 0. The molecule has 1 aromatic heterocycles. The van der Waals surface area contributed by atoms with Crippen LogP contribution in [0.1, 0.15) is 5.69 Å². The predicted molar refractivity (Wildman–Crippen MR) is 74.3 cm³/mol. The van der Waals surface area contributed by atoms with Crippen LogP contribution < -0.4 is 10.5 Å². The largest absolute Gasteiger partial charge is 0.491 e. The molecule has 0 aliphatic rings. The van der Waals surface area contributed by atoms with Crippen LogP contribution in [-0.2, 0) is 6.54 Å². The molecule has 3 N–H and O–H groups in total. The minimum Gasteiger partial charge on any atom is -0.491 e. The van der Waals surface area contributed by atoms with E-state index in [4.69, 9.17) is 22.1 Å². The van der Waals surface area contributed by atoms with E-state index >= 15 is 0 Å². The summed E-state index contributed by atoms with van der Waals surface area (Å²) in [5.74, 6) is 0.633. The number of aliphatic hydroxyl groups excluding tert-OH is 1. The fourth-order valence-electron chi connectivity index (χ4n) is 1.65. The Kier molecular flexibility index (Phi) is 4.29. The van der Waals surface area contributed by atoms with Crippen molar-refractivity contribution in [3.05, 3.63) is 41.2 Å². The van der Waals surface area contributed by atoms with Crippen molar-refractivity contribution < 1.29 is 9.84 Å². The summed E-state index contributed by atoms with van der Waals surface area (Å²) in [7, 11) is 0. The summed E-state index contributed by atoms with van der Waals surface area (Å²) >= 11 is 5.89. The van der Waals surface area contributed by atoms with Crippen LogP contribution in [0.3, 0.4) is 0 Å². The number of halogens is 1. The number of nitrogen functional groups attached to an aromatic ring is 1. The van der Waals surface area contributed by atoms with Crippen LogP contribution in [0.15, 0.2) is 30.5 Å². The van der Waals surface area contributed by atoms with Gasteiger partial charge < -0.3 is 15.6 Å². The number of aryl methyl sites for hydroxylation is 1. The molecule has 1 aromatic carbocycles. The van der Waals surface area contributed by atoms with Crippen molar-refractivity contribution in [3.63, 3.8) is 0 Å². The number of hydrogen-bond donors (Lipinski definition) is 2. The van der Waals surface area contributed by atoms with Crippen molar-refractivity contribution in [2.24, 2.45) is 0 Å². The molecule has 1 unspecified atom stereocenters. The standard InChI is InChI=1S/C13H16ClN3O2/c1-9-13(14)7-17(16-9)6-11(18)8-19-12-4-2-3-10(15)5-12/h2-5,7,11,18H,6,8,15H2,1H3. The first-order valence-electron chi connectivity index (χ1n) is 5.90. The Hall–Kier alpha value is -1.72. The molecule has 0 fully saturated rings. The lowest BCUT2D eigenvalue weighted by Gasteiger charge is -2.12. The van der Waals surface area contributed by atoms with Gasteiger partial charge in [0.2, 0.25) is 0 Å². The highest BCUT2D eigenvalue weighted by atomic mass is 35.5. The van der Waals surface area contributed by atoms with Crippen LogP contribution in [0, 0.1) is 6.92 Å². The highest BCUT2D eigenvalue weighted by molar-refractivity contribution is 6.31.